The lowest BCUT2D eigenvalue weighted by Crippen LogP contribution is -2.41. The van der Waals surface area contributed by atoms with Gasteiger partial charge in [0, 0.05) is 12.7 Å². The second-order valence-electron chi connectivity index (χ2n) is 6.03. The highest BCUT2D eigenvalue weighted by Gasteiger charge is 2.23. The number of hydrogen-bond donors (Lipinski definition) is 2. The Bertz CT molecular complexity index is 656. The van der Waals surface area contributed by atoms with E-state index in [2.05, 4.69) is 46.9 Å². The van der Waals surface area contributed by atoms with E-state index in [1.165, 1.54) is 0 Å². The molecule has 0 spiro atoms. The van der Waals surface area contributed by atoms with Crippen molar-refractivity contribution in [1.82, 2.24) is 20.4 Å². The summed E-state index contributed by atoms with van der Waals surface area (Å²) < 4.78 is 1.98. The van der Waals surface area contributed by atoms with Crippen molar-refractivity contribution in [2.45, 2.75) is 45.3 Å². The largest absolute Gasteiger partial charge is 0.348 e. The summed E-state index contributed by atoms with van der Waals surface area (Å²) in [6, 6.07) is 10.3. The van der Waals surface area contributed by atoms with Crippen molar-refractivity contribution >= 4 is 5.91 Å². The number of carbonyl (C=O) groups excluding carboxylic acids is 1. The summed E-state index contributed by atoms with van der Waals surface area (Å²) >= 11 is 0. The van der Waals surface area contributed by atoms with Crippen LogP contribution in [0.5, 0.6) is 0 Å². The molecule has 0 saturated carbocycles. The standard InChI is InChI=1S/C18H24N4O/c1-3-22-17(10-12-20-22)15-8-6-14(7-9-15)13(2)21-18(23)16-5-4-11-19-16/h6-10,12-13,16,19H,3-5,11H2,1-2H3,(H,21,23). The van der Waals surface area contributed by atoms with E-state index >= 15 is 0 Å². The Labute approximate surface area is 137 Å². The van der Waals surface area contributed by atoms with E-state index in [9.17, 15) is 4.79 Å². The van der Waals surface area contributed by atoms with Crippen LogP contribution in [0.2, 0.25) is 0 Å². The molecule has 1 aromatic heterocycles. The van der Waals surface area contributed by atoms with Gasteiger partial charge in [0.15, 0.2) is 0 Å². The van der Waals surface area contributed by atoms with E-state index in [0.717, 1.165) is 42.8 Å². The van der Waals surface area contributed by atoms with Gasteiger partial charge in [0.1, 0.15) is 0 Å². The lowest BCUT2D eigenvalue weighted by atomic mass is 10.0. The van der Waals surface area contributed by atoms with Gasteiger partial charge in [-0.3, -0.25) is 9.48 Å². The molecule has 1 aliphatic heterocycles. The maximum absolute atomic E-state index is 12.2. The fraction of sp³-hybridized carbons (Fsp3) is 0.444. The average Bonchev–Trinajstić information content (AvgIpc) is 3.26. The number of amides is 1. The average molecular weight is 312 g/mol. The Hall–Kier alpha value is -2.14. The molecule has 1 fully saturated rings. The van der Waals surface area contributed by atoms with Crippen molar-refractivity contribution < 1.29 is 4.79 Å². The predicted molar refractivity (Wildman–Crippen MR) is 90.9 cm³/mol. The number of aromatic nitrogens is 2. The van der Waals surface area contributed by atoms with Crippen molar-refractivity contribution in [3.63, 3.8) is 0 Å². The zero-order chi connectivity index (χ0) is 16.2. The van der Waals surface area contributed by atoms with Crippen LogP contribution < -0.4 is 10.6 Å². The Morgan fingerprint density at radius 2 is 2.17 bits per heavy atom. The van der Waals surface area contributed by atoms with Gasteiger partial charge in [-0.2, -0.15) is 5.10 Å². The highest BCUT2D eigenvalue weighted by atomic mass is 16.2. The molecule has 122 valence electrons. The van der Waals surface area contributed by atoms with E-state index in [0.29, 0.717) is 0 Å². The van der Waals surface area contributed by atoms with Crippen LogP contribution in [-0.2, 0) is 11.3 Å². The number of rotatable bonds is 5. The molecule has 2 aromatic rings. The third-order valence-electron chi connectivity index (χ3n) is 4.46. The summed E-state index contributed by atoms with van der Waals surface area (Å²) in [5.74, 6) is 0.100. The zero-order valence-corrected chi connectivity index (χ0v) is 13.7. The molecular weight excluding hydrogens is 288 g/mol. The molecule has 1 aromatic carbocycles. The summed E-state index contributed by atoms with van der Waals surface area (Å²) in [5.41, 5.74) is 3.37. The van der Waals surface area contributed by atoms with Crippen LogP contribution in [0.15, 0.2) is 36.5 Å². The van der Waals surface area contributed by atoms with Crippen molar-refractivity contribution in [2.24, 2.45) is 0 Å². The molecule has 2 N–H and O–H groups in total. The number of aryl methyl sites for hydroxylation is 1. The minimum Gasteiger partial charge on any atom is -0.348 e. The second-order valence-corrected chi connectivity index (χ2v) is 6.03. The quantitative estimate of drug-likeness (QED) is 0.892. The summed E-state index contributed by atoms with van der Waals surface area (Å²) in [4.78, 5) is 12.2. The minimum atomic E-state index is -0.0318. The number of carbonyl (C=O) groups is 1. The fourth-order valence-corrected chi connectivity index (χ4v) is 3.08. The van der Waals surface area contributed by atoms with Gasteiger partial charge in [-0.1, -0.05) is 24.3 Å². The molecular formula is C18H24N4O. The first-order valence-electron chi connectivity index (χ1n) is 8.35. The fourth-order valence-electron chi connectivity index (χ4n) is 3.08. The maximum atomic E-state index is 12.2. The van der Waals surface area contributed by atoms with Crippen molar-refractivity contribution in [1.29, 1.82) is 0 Å². The van der Waals surface area contributed by atoms with Gasteiger partial charge in [0.05, 0.1) is 17.8 Å². The molecule has 2 atom stereocenters. The van der Waals surface area contributed by atoms with Gasteiger partial charge >= 0.3 is 0 Å². The van der Waals surface area contributed by atoms with Crippen molar-refractivity contribution in [2.75, 3.05) is 6.54 Å². The number of benzene rings is 1. The maximum Gasteiger partial charge on any atom is 0.237 e. The van der Waals surface area contributed by atoms with Gasteiger partial charge in [0.2, 0.25) is 5.91 Å². The molecule has 1 aliphatic rings. The Balaban J connectivity index is 1.68. The molecule has 1 amide bonds. The number of hydrogen-bond acceptors (Lipinski definition) is 3. The van der Waals surface area contributed by atoms with Crippen molar-refractivity contribution in [3.05, 3.63) is 42.1 Å². The van der Waals surface area contributed by atoms with E-state index in [4.69, 9.17) is 0 Å². The first-order chi connectivity index (χ1) is 11.2. The molecule has 1 saturated heterocycles. The Morgan fingerprint density at radius 3 is 2.83 bits per heavy atom. The van der Waals surface area contributed by atoms with Crippen LogP contribution in [0, 0.1) is 0 Å². The van der Waals surface area contributed by atoms with Crippen LogP contribution in [0.25, 0.3) is 11.3 Å². The van der Waals surface area contributed by atoms with Gasteiger partial charge in [0.25, 0.3) is 0 Å². The van der Waals surface area contributed by atoms with Crippen molar-refractivity contribution in [3.8, 4) is 11.3 Å². The van der Waals surface area contributed by atoms with E-state index in [1.54, 1.807) is 0 Å². The molecule has 0 aliphatic carbocycles. The smallest absolute Gasteiger partial charge is 0.237 e. The van der Waals surface area contributed by atoms with E-state index < -0.39 is 0 Å². The third-order valence-corrected chi connectivity index (χ3v) is 4.46. The Kier molecular flexibility index (Phi) is 4.76. The van der Waals surface area contributed by atoms with Gasteiger partial charge in [-0.15, -0.1) is 0 Å². The van der Waals surface area contributed by atoms with E-state index in [1.807, 2.05) is 23.9 Å². The molecule has 0 radical (unpaired) electrons. The molecule has 0 bridgehead atoms. The van der Waals surface area contributed by atoms with Crippen LogP contribution in [0.1, 0.15) is 38.3 Å². The van der Waals surface area contributed by atoms with Crippen LogP contribution >= 0.6 is 0 Å². The molecule has 5 nitrogen and oxygen atoms in total. The SMILES string of the molecule is CCn1nccc1-c1ccc(C(C)NC(=O)C2CCCN2)cc1. The summed E-state index contributed by atoms with van der Waals surface area (Å²) in [6.07, 6.45) is 3.83. The summed E-state index contributed by atoms with van der Waals surface area (Å²) in [7, 11) is 0. The normalized spacial score (nSPS) is 18.8. The van der Waals surface area contributed by atoms with Crippen LogP contribution in [0.3, 0.4) is 0 Å². The third kappa shape index (κ3) is 3.45. The molecule has 2 heterocycles. The topological polar surface area (TPSA) is 59.0 Å². The monoisotopic (exact) mass is 312 g/mol. The number of nitrogens with one attached hydrogen (secondary N) is 2. The molecule has 5 heteroatoms. The highest BCUT2D eigenvalue weighted by molar-refractivity contribution is 5.82. The Morgan fingerprint density at radius 1 is 1.39 bits per heavy atom. The van der Waals surface area contributed by atoms with E-state index in [-0.39, 0.29) is 18.0 Å². The van der Waals surface area contributed by atoms with Crippen LogP contribution in [-0.4, -0.2) is 28.3 Å². The van der Waals surface area contributed by atoms with Gasteiger partial charge in [-0.05, 0) is 50.4 Å². The summed E-state index contributed by atoms with van der Waals surface area (Å²) in [5, 5.41) is 10.6. The lowest BCUT2D eigenvalue weighted by molar-refractivity contribution is -0.123. The lowest BCUT2D eigenvalue weighted by Gasteiger charge is -2.18. The van der Waals surface area contributed by atoms with Gasteiger partial charge < -0.3 is 10.6 Å². The molecule has 3 rings (SSSR count). The van der Waals surface area contributed by atoms with Crippen LogP contribution in [0.4, 0.5) is 0 Å². The first-order valence-corrected chi connectivity index (χ1v) is 8.35. The zero-order valence-electron chi connectivity index (χ0n) is 13.7. The first kappa shape index (κ1) is 15.7. The summed E-state index contributed by atoms with van der Waals surface area (Å²) in [6.45, 7) is 5.90. The molecule has 2 unspecified atom stereocenters. The van der Waals surface area contributed by atoms with Gasteiger partial charge in [-0.25, -0.2) is 0 Å². The molecule has 23 heavy (non-hydrogen) atoms. The number of nitrogens with zero attached hydrogens (tertiary/aromatic N) is 2. The predicted octanol–water partition coefficient (Wildman–Crippen LogP) is 2.50. The minimum absolute atomic E-state index is 0.00929. The highest BCUT2D eigenvalue weighted by Crippen LogP contribution is 2.22. The second kappa shape index (κ2) is 6.96.